The zero-order chi connectivity index (χ0) is 29.1. The number of hydrogen-bond acceptors (Lipinski definition) is 7. The van der Waals surface area contributed by atoms with Crippen LogP contribution in [0.1, 0.15) is 19.3 Å². The van der Waals surface area contributed by atoms with Crippen LogP contribution < -0.4 is 21.5 Å². The van der Waals surface area contributed by atoms with Crippen LogP contribution in [-0.4, -0.2) is 49.5 Å². The Labute approximate surface area is 242 Å². The molecule has 10 heteroatoms. The number of nitrogens with zero attached hydrogens (tertiary/aromatic N) is 5. The lowest BCUT2D eigenvalue weighted by molar-refractivity contribution is -0.111. The lowest BCUT2D eigenvalue weighted by atomic mass is 9.92. The van der Waals surface area contributed by atoms with Crippen molar-refractivity contribution in [2.45, 2.75) is 25.3 Å². The standard InChI is InChI=1S/C32H31N7O3/c1-37(23-9-6-10-23)19-7-14-28(40)36-22-8-5-11-25(20-22)39-31-29(30(33)34-21-35-31)38(32(39)41)24-15-17-27(18-16-24)42-26-12-3-2-4-13-26/h2-5,7-8,11-18,20-21,23H,6,9-10,19H2,1H3,(H,36,40)(H2,33,34,35). The van der Waals surface area contributed by atoms with E-state index < -0.39 is 0 Å². The number of amides is 1. The molecule has 0 atom stereocenters. The number of benzene rings is 3. The van der Waals surface area contributed by atoms with Gasteiger partial charge < -0.3 is 15.8 Å². The molecule has 0 saturated heterocycles. The Balaban J connectivity index is 1.28. The van der Waals surface area contributed by atoms with Gasteiger partial charge in [-0.05, 0) is 74.5 Å². The van der Waals surface area contributed by atoms with E-state index in [0.717, 1.165) is 0 Å². The van der Waals surface area contributed by atoms with Gasteiger partial charge in [-0.3, -0.25) is 14.3 Å². The number of fused-ring (bicyclic) bond motifs is 1. The van der Waals surface area contributed by atoms with Crippen molar-refractivity contribution in [1.82, 2.24) is 24.0 Å². The summed E-state index contributed by atoms with van der Waals surface area (Å²) in [5.74, 6) is 1.26. The van der Waals surface area contributed by atoms with Crippen LogP contribution in [0.15, 0.2) is 102 Å². The number of rotatable bonds is 9. The van der Waals surface area contributed by atoms with Gasteiger partial charge >= 0.3 is 5.69 Å². The van der Waals surface area contributed by atoms with Gasteiger partial charge in [-0.2, -0.15) is 0 Å². The first-order valence-corrected chi connectivity index (χ1v) is 13.8. The maximum atomic E-state index is 13.9. The predicted octanol–water partition coefficient (Wildman–Crippen LogP) is 4.92. The summed E-state index contributed by atoms with van der Waals surface area (Å²) < 4.78 is 8.84. The Morgan fingerprint density at radius 1 is 1.00 bits per heavy atom. The quantitative estimate of drug-likeness (QED) is 0.245. The second-order valence-corrected chi connectivity index (χ2v) is 10.3. The molecular formula is C32H31N7O3. The SMILES string of the molecule is CN(CC=CC(=O)Nc1cccc(-n2c(=O)n(-c3ccc(Oc4ccccc4)cc3)c3c(N)ncnc32)c1)C1CCC1. The second kappa shape index (κ2) is 11.7. The number of carbonyl (C=O) groups excluding carboxylic acids is 1. The fourth-order valence-electron chi connectivity index (χ4n) is 5.02. The number of imidazole rings is 1. The summed E-state index contributed by atoms with van der Waals surface area (Å²) in [6.45, 7) is 0.716. The number of carbonyl (C=O) groups is 1. The van der Waals surface area contributed by atoms with E-state index >= 15 is 0 Å². The van der Waals surface area contributed by atoms with Gasteiger partial charge in [0.25, 0.3) is 0 Å². The predicted molar refractivity (Wildman–Crippen MR) is 163 cm³/mol. The molecule has 3 aromatic carbocycles. The third-order valence-corrected chi connectivity index (χ3v) is 7.46. The highest BCUT2D eigenvalue weighted by atomic mass is 16.5. The summed E-state index contributed by atoms with van der Waals surface area (Å²) in [5.41, 5.74) is 8.26. The minimum absolute atomic E-state index is 0.168. The van der Waals surface area contributed by atoms with Crippen LogP contribution in [0.5, 0.6) is 11.5 Å². The molecule has 212 valence electrons. The molecule has 1 amide bonds. The minimum atomic E-state index is -0.378. The Morgan fingerprint density at radius 3 is 2.50 bits per heavy atom. The normalized spacial score (nSPS) is 13.5. The zero-order valence-electron chi connectivity index (χ0n) is 23.2. The van der Waals surface area contributed by atoms with Gasteiger partial charge in [0.15, 0.2) is 11.5 Å². The van der Waals surface area contributed by atoms with Crippen molar-refractivity contribution in [3.05, 3.63) is 108 Å². The third-order valence-electron chi connectivity index (χ3n) is 7.46. The molecular weight excluding hydrogens is 530 g/mol. The molecule has 3 N–H and O–H groups in total. The average Bonchev–Trinajstić information content (AvgIpc) is 3.26. The van der Waals surface area contributed by atoms with Crippen LogP contribution in [0.25, 0.3) is 22.5 Å². The van der Waals surface area contributed by atoms with Gasteiger partial charge in [0, 0.05) is 24.4 Å². The largest absolute Gasteiger partial charge is 0.457 e. The molecule has 0 spiro atoms. The molecule has 1 saturated carbocycles. The number of anilines is 2. The van der Waals surface area contributed by atoms with E-state index in [1.165, 1.54) is 34.7 Å². The summed E-state index contributed by atoms with van der Waals surface area (Å²) in [6.07, 6.45) is 8.43. The van der Waals surface area contributed by atoms with Crippen molar-refractivity contribution < 1.29 is 9.53 Å². The van der Waals surface area contributed by atoms with Crippen molar-refractivity contribution in [2.75, 3.05) is 24.6 Å². The Bertz CT molecular complexity index is 1810. The number of nitrogens with two attached hydrogens (primary N) is 1. The van der Waals surface area contributed by atoms with Crippen LogP contribution >= 0.6 is 0 Å². The minimum Gasteiger partial charge on any atom is -0.457 e. The van der Waals surface area contributed by atoms with Crippen LogP contribution in [0, 0.1) is 0 Å². The van der Waals surface area contributed by atoms with E-state index in [9.17, 15) is 9.59 Å². The highest BCUT2D eigenvalue weighted by Crippen LogP contribution is 2.27. The number of para-hydroxylation sites is 1. The number of ether oxygens (including phenoxy) is 1. The number of nitrogens with one attached hydrogen (secondary N) is 1. The molecule has 0 unspecified atom stereocenters. The molecule has 5 aromatic rings. The molecule has 10 nitrogen and oxygen atoms in total. The first kappa shape index (κ1) is 27.0. The molecule has 2 aromatic heterocycles. The van der Waals surface area contributed by atoms with E-state index in [1.807, 2.05) is 36.4 Å². The molecule has 2 heterocycles. The molecule has 0 bridgehead atoms. The van der Waals surface area contributed by atoms with Crippen molar-refractivity contribution >= 4 is 28.6 Å². The molecule has 42 heavy (non-hydrogen) atoms. The maximum absolute atomic E-state index is 13.9. The van der Waals surface area contributed by atoms with Gasteiger partial charge in [0.1, 0.15) is 23.3 Å². The van der Waals surface area contributed by atoms with Crippen LogP contribution in [-0.2, 0) is 4.79 Å². The Hall–Kier alpha value is -5.22. The lowest BCUT2D eigenvalue weighted by Gasteiger charge is -2.33. The molecule has 6 rings (SSSR count). The van der Waals surface area contributed by atoms with E-state index in [1.54, 1.807) is 54.6 Å². The number of likely N-dealkylation sites (N-methyl/N-ethyl adjacent to an activating group) is 1. The highest BCUT2D eigenvalue weighted by Gasteiger charge is 2.21. The fraction of sp³-hybridized carbons (Fsp3) is 0.188. The first-order valence-electron chi connectivity index (χ1n) is 13.8. The van der Waals surface area contributed by atoms with Gasteiger partial charge in [-0.1, -0.05) is 36.8 Å². The molecule has 0 aliphatic heterocycles. The summed E-state index contributed by atoms with van der Waals surface area (Å²) in [4.78, 5) is 37.3. The number of hydrogen-bond donors (Lipinski definition) is 2. The molecule has 1 fully saturated rings. The van der Waals surface area contributed by atoms with Crippen LogP contribution in [0.2, 0.25) is 0 Å². The van der Waals surface area contributed by atoms with Crippen molar-refractivity contribution in [3.63, 3.8) is 0 Å². The van der Waals surface area contributed by atoms with Crippen molar-refractivity contribution in [1.29, 1.82) is 0 Å². The van der Waals surface area contributed by atoms with Gasteiger partial charge in [-0.25, -0.2) is 19.3 Å². The van der Waals surface area contributed by atoms with E-state index in [-0.39, 0.29) is 17.4 Å². The average molecular weight is 562 g/mol. The fourth-order valence-corrected chi connectivity index (χ4v) is 5.02. The maximum Gasteiger partial charge on any atom is 0.339 e. The van der Waals surface area contributed by atoms with Gasteiger partial charge in [-0.15, -0.1) is 0 Å². The zero-order valence-corrected chi connectivity index (χ0v) is 23.2. The van der Waals surface area contributed by atoms with E-state index in [2.05, 4.69) is 27.2 Å². The topological polar surface area (TPSA) is 120 Å². The number of aromatic nitrogens is 4. The second-order valence-electron chi connectivity index (χ2n) is 10.3. The van der Waals surface area contributed by atoms with E-state index in [4.69, 9.17) is 10.5 Å². The monoisotopic (exact) mass is 561 g/mol. The lowest BCUT2D eigenvalue weighted by Crippen LogP contribution is -2.37. The van der Waals surface area contributed by atoms with Gasteiger partial charge in [0.05, 0.1) is 11.4 Å². The molecule has 1 aliphatic carbocycles. The summed E-state index contributed by atoms with van der Waals surface area (Å²) >= 11 is 0. The van der Waals surface area contributed by atoms with Crippen molar-refractivity contribution in [3.8, 4) is 22.9 Å². The third kappa shape index (κ3) is 5.52. The summed E-state index contributed by atoms with van der Waals surface area (Å²) in [6, 6.07) is 24.2. The summed E-state index contributed by atoms with van der Waals surface area (Å²) in [7, 11) is 2.08. The van der Waals surface area contributed by atoms with Gasteiger partial charge in [0.2, 0.25) is 5.91 Å². The van der Waals surface area contributed by atoms with E-state index in [0.29, 0.717) is 52.3 Å². The summed E-state index contributed by atoms with van der Waals surface area (Å²) in [5, 5.41) is 2.89. The van der Waals surface area contributed by atoms with Crippen molar-refractivity contribution in [2.24, 2.45) is 0 Å². The Morgan fingerprint density at radius 2 is 1.76 bits per heavy atom. The van der Waals surface area contributed by atoms with Crippen LogP contribution in [0.3, 0.4) is 0 Å². The molecule has 1 aliphatic rings. The highest BCUT2D eigenvalue weighted by molar-refractivity contribution is 5.99. The first-order chi connectivity index (χ1) is 20.5. The Kier molecular flexibility index (Phi) is 7.52. The van der Waals surface area contributed by atoms with Crippen LogP contribution in [0.4, 0.5) is 11.5 Å². The number of nitrogen functional groups attached to an aromatic ring is 1. The smallest absolute Gasteiger partial charge is 0.339 e. The molecule has 0 radical (unpaired) electrons.